The van der Waals surface area contributed by atoms with Gasteiger partial charge in [-0.25, -0.2) is 0 Å². The van der Waals surface area contributed by atoms with Crippen LogP contribution in [0, 0.1) is 0 Å². The molecule has 5 nitrogen and oxygen atoms in total. The Morgan fingerprint density at radius 2 is 2.00 bits per heavy atom. The molecule has 1 aliphatic rings. The second-order valence-electron chi connectivity index (χ2n) is 5.71. The molecule has 0 aliphatic heterocycles. The second kappa shape index (κ2) is 7.13. The van der Waals surface area contributed by atoms with Crippen LogP contribution in [0.4, 0.5) is 11.4 Å². The predicted octanol–water partition coefficient (Wildman–Crippen LogP) is 3.51. The van der Waals surface area contributed by atoms with E-state index >= 15 is 0 Å². The van der Waals surface area contributed by atoms with Crippen molar-refractivity contribution >= 4 is 17.3 Å². The average molecular weight is 311 g/mol. The molecule has 1 amide bonds. The Morgan fingerprint density at radius 1 is 1.22 bits per heavy atom. The van der Waals surface area contributed by atoms with Gasteiger partial charge in [-0.3, -0.25) is 9.78 Å². The van der Waals surface area contributed by atoms with Crippen LogP contribution >= 0.6 is 0 Å². The summed E-state index contributed by atoms with van der Waals surface area (Å²) >= 11 is 0. The van der Waals surface area contributed by atoms with Gasteiger partial charge in [0.2, 0.25) is 0 Å². The first-order chi connectivity index (χ1) is 11.3. The van der Waals surface area contributed by atoms with E-state index in [2.05, 4.69) is 15.6 Å². The van der Waals surface area contributed by atoms with Gasteiger partial charge >= 0.3 is 0 Å². The minimum atomic E-state index is -0.111. The molecule has 120 valence electrons. The largest absolute Gasteiger partial charge is 0.495 e. The van der Waals surface area contributed by atoms with Crippen molar-refractivity contribution < 1.29 is 9.53 Å². The summed E-state index contributed by atoms with van der Waals surface area (Å²) in [4.78, 5) is 16.5. The summed E-state index contributed by atoms with van der Waals surface area (Å²) in [5.74, 6) is 0.641. The molecule has 3 rings (SSSR count). The monoisotopic (exact) mass is 311 g/mol. The standard InChI is InChI=1S/C18H21N3O2/c1-23-17-9-5-4-8-15(17)20-14-10-11-19-16(12-14)18(22)21-13-6-2-3-7-13/h4-5,8-13H,2-3,6-7H2,1H3,(H,19,20)(H,21,22). The van der Waals surface area contributed by atoms with E-state index in [1.165, 1.54) is 12.8 Å². The third-order valence-corrected chi connectivity index (χ3v) is 4.07. The number of anilines is 2. The van der Waals surface area contributed by atoms with Crippen LogP contribution < -0.4 is 15.4 Å². The van der Waals surface area contributed by atoms with Crippen LogP contribution in [-0.4, -0.2) is 24.0 Å². The molecule has 0 radical (unpaired) electrons. The van der Waals surface area contributed by atoms with Crippen molar-refractivity contribution in [2.75, 3.05) is 12.4 Å². The molecular formula is C18H21N3O2. The number of hydrogen-bond acceptors (Lipinski definition) is 4. The van der Waals surface area contributed by atoms with E-state index < -0.39 is 0 Å². The molecular weight excluding hydrogens is 290 g/mol. The van der Waals surface area contributed by atoms with E-state index in [1.54, 1.807) is 19.4 Å². The Balaban J connectivity index is 1.73. The van der Waals surface area contributed by atoms with Gasteiger partial charge in [-0.2, -0.15) is 0 Å². The van der Waals surface area contributed by atoms with Crippen LogP contribution in [0.2, 0.25) is 0 Å². The lowest BCUT2D eigenvalue weighted by Gasteiger charge is -2.13. The number of carbonyl (C=O) groups excluding carboxylic acids is 1. The van der Waals surface area contributed by atoms with Gasteiger partial charge in [0, 0.05) is 17.9 Å². The number of methoxy groups -OCH3 is 1. The minimum absolute atomic E-state index is 0.111. The lowest BCUT2D eigenvalue weighted by molar-refractivity contribution is 0.0933. The quantitative estimate of drug-likeness (QED) is 0.887. The van der Waals surface area contributed by atoms with E-state index in [0.29, 0.717) is 5.69 Å². The molecule has 23 heavy (non-hydrogen) atoms. The van der Waals surface area contributed by atoms with Crippen LogP contribution in [0.1, 0.15) is 36.2 Å². The zero-order valence-electron chi connectivity index (χ0n) is 13.2. The van der Waals surface area contributed by atoms with Crippen molar-refractivity contribution in [3.05, 3.63) is 48.3 Å². The molecule has 5 heteroatoms. The predicted molar refractivity (Wildman–Crippen MR) is 90.2 cm³/mol. The molecule has 0 bridgehead atoms. The van der Waals surface area contributed by atoms with Gasteiger partial charge in [0.25, 0.3) is 5.91 Å². The molecule has 1 fully saturated rings. The first-order valence-corrected chi connectivity index (χ1v) is 7.93. The molecule has 1 saturated carbocycles. The Kier molecular flexibility index (Phi) is 4.76. The summed E-state index contributed by atoms with van der Waals surface area (Å²) in [6.07, 6.45) is 6.14. The number of rotatable bonds is 5. The average Bonchev–Trinajstić information content (AvgIpc) is 3.08. The second-order valence-corrected chi connectivity index (χ2v) is 5.71. The summed E-state index contributed by atoms with van der Waals surface area (Å²) < 4.78 is 5.33. The van der Waals surface area contributed by atoms with Gasteiger partial charge in [-0.15, -0.1) is 0 Å². The third kappa shape index (κ3) is 3.80. The highest BCUT2D eigenvalue weighted by atomic mass is 16.5. The normalized spacial score (nSPS) is 14.5. The molecule has 2 aromatic rings. The molecule has 2 N–H and O–H groups in total. The summed E-state index contributed by atoms with van der Waals surface area (Å²) in [7, 11) is 1.63. The summed E-state index contributed by atoms with van der Waals surface area (Å²) in [5, 5.41) is 6.32. The zero-order chi connectivity index (χ0) is 16.1. The SMILES string of the molecule is COc1ccccc1Nc1ccnc(C(=O)NC2CCCC2)c1. The molecule has 0 spiro atoms. The summed E-state index contributed by atoms with van der Waals surface area (Å²) in [5.41, 5.74) is 2.08. The number of para-hydroxylation sites is 2. The number of carbonyl (C=O) groups is 1. The first kappa shape index (κ1) is 15.3. The number of benzene rings is 1. The molecule has 1 aliphatic carbocycles. The maximum Gasteiger partial charge on any atom is 0.270 e. The number of ether oxygens (including phenoxy) is 1. The minimum Gasteiger partial charge on any atom is -0.495 e. The molecule has 0 atom stereocenters. The Morgan fingerprint density at radius 3 is 2.78 bits per heavy atom. The lowest BCUT2D eigenvalue weighted by Crippen LogP contribution is -2.33. The van der Waals surface area contributed by atoms with Crippen molar-refractivity contribution in [3.8, 4) is 5.75 Å². The number of nitrogens with zero attached hydrogens (tertiary/aromatic N) is 1. The smallest absolute Gasteiger partial charge is 0.270 e. The van der Waals surface area contributed by atoms with Crippen LogP contribution in [-0.2, 0) is 0 Å². The highest BCUT2D eigenvalue weighted by Gasteiger charge is 2.18. The molecule has 1 aromatic heterocycles. The highest BCUT2D eigenvalue weighted by Crippen LogP contribution is 2.27. The lowest BCUT2D eigenvalue weighted by atomic mass is 10.2. The number of nitrogens with one attached hydrogen (secondary N) is 2. The zero-order valence-corrected chi connectivity index (χ0v) is 13.2. The van der Waals surface area contributed by atoms with Crippen LogP contribution in [0.5, 0.6) is 5.75 Å². The van der Waals surface area contributed by atoms with E-state index in [-0.39, 0.29) is 11.9 Å². The van der Waals surface area contributed by atoms with Crippen molar-refractivity contribution in [2.45, 2.75) is 31.7 Å². The van der Waals surface area contributed by atoms with Gasteiger partial charge in [0.15, 0.2) is 0 Å². The van der Waals surface area contributed by atoms with Gasteiger partial charge in [0.1, 0.15) is 11.4 Å². The Labute approximate surface area is 136 Å². The fraction of sp³-hybridized carbons (Fsp3) is 0.333. The van der Waals surface area contributed by atoms with E-state index in [1.807, 2.05) is 30.3 Å². The molecule has 0 saturated heterocycles. The molecule has 0 unspecified atom stereocenters. The van der Waals surface area contributed by atoms with E-state index in [4.69, 9.17) is 4.74 Å². The fourth-order valence-corrected chi connectivity index (χ4v) is 2.87. The Hall–Kier alpha value is -2.56. The van der Waals surface area contributed by atoms with Gasteiger partial charge in [-0.05, 0) is 37.1 Å². The van der Waals surface area contributed by atoms with Crippen LogP contribution in [0.15, 0.2) is 42.6 Å². The number of hydrogen-bond donors (Lipinski definition) is 2. The number of aromatic nitrogens is 1. The number of pyridine rings is 1. The summed E-state index contributed by atoms with van der Waals surface area (Å²) in [6.45, 7) is 0. The van der Waals surface area contributed by atoms with Crippen molar-refractivity contribution in [1.29, 1.82) is 0 Å². The molecule has 1 heterocycles. The van der Waals surface area contributed by atoms with Gasteiger partial charge < -0.3 is 15.4 Å². The third-order valence-electron chi connectivity index (χ3n) is 4.07. The topological polar surface area (TPSA) is 63.2 Å². The van der Waals surface area contributed by atoms with Crippen molar-refractivity contribution in [1.82, 2.24) is 10.3 Å². The maximum atomic E-state index is 12.3. The van der Waals surface area contributed by atoms with Crippen molar-refractivity contribution in [2.24, 2.45) is 0 Å². The van der Waals surface area contributed by atoms with Gasteiger partial charge in [0.05, 0.1) is 12.8 Å². The van der Waals surface area contributed by atoms with Crippen LogP contribution in [0.25, 0.3) is 0 Å². The fourth-order valence-electron chi connectivity index (χ4n) is 2.87. The summed E-state index contributed by atoms with van der Waals surface area (Å²) in [6, 6.07) is 11.5. The van der Waals surface area contributed by atoms with E-state index in [9.17, 15) is 4.79 Å². The number of amides is 1. The van der Waals surface area contributed by atoms with Crippen LogP contribution in [0.3, 0.4) is 0 Å². The maximum absolute atomic E-state index is 12.3. The first-order valence-electron chi connectivity index (χ1n) is 7.93. The molecule has 1 aromatic carbocycles. The van der Waals surface area contributed by atoms with Crippen molar-refractivity contribution in [3.63, 3.8) is 0 Å². The van der Waals surface area contributed by atoms with E-state index in [0.717, 1.165) is 30.0 Å². The Bertz CT molecular complexity index is 681. The van der Waals surface area contributed by atoms with Gasteiger partial charge in [-0.1, -0.05) is 25.0 Å². The highest BCUT2D eigenvalue weighted by molar-refractivity contribution is 5.93.